The van der Waals surface area contributed by atoms with E-state index < -0.39 is 18.0 Å². The molecule has 0 amide bonds. The molecule has 22 heavy (non-hydrogen) atoms. The zero-order valence-electron chi connectivity index (χ0n) is 12.8. The van der Waals surface area contributed by atoms with Crippen LogP contribution in [0.3, 0.4) is 0 Å². The molecule has 6 heteroatoms. The van der Waals surface area contributed by atoms with Crippen LogP contribution in [0.5, 0.6) is 0 Å². The number of aromatic nitrogens is 1. The van der Waals surface area contributed by atoms with Crippen LogP contribution >= 0.6 is 0 Å². The van der Waals surface area contributed by atoms with E-state index in [0.717, 1.165) is 22.9 Å². The first kappa shape index (κ1) is 16.0. The normalized spacial score (nSPS) is 12.2. The van der Waals surface area contributed by atoms with E-state index >= 15 is 0 Å². The number of esters is 2. The van der Waals surface area contributed by atoms with E-state index in [1.54, 1.807) is 0 Å². The van der Waals surface area contributed by atoms with Gasteiger partial charge in [-0.2, -0.15) is 0 Å². The summed E-state index contributed by atoms with van der Waals surface area (Å²) in [6.07, 6.45) is -0.518. The Labute approximate surface area is 128 Å². The zero-order chi connectivity index (χ0) is 16.3. The molecule has 1 aromatic carbocycles. The number of carbonyl (C=O) groups excluding carboxylic acids is 2. The lowest BCUT2D eigenvalue weighted by Gasteiger charge is -2.09. The van der Waals surface area contributed by atoms with E-state index in [-0.39, 0.29) is 12.1 Å². The molecule has 1 unspecified atom stereocenters. The van der Waals surface area contributed by atoms with Gasteiger partial charge in [0.25, 0.3) is 0 Å². The van der Waals surface area contributed by atoms with E-state index in [0.29, 0.717) is 5.56 Å². The minimum Gasteiger partial charge on any atom is -0.467 e. The van der Waals surface area contributed by atoms with Gasteiger partial charge in [0.1, 0.15) is 5.69 Å². The Hall–Kier alpha value is -2.34. The second kappa shape index (κ2) is 6.62. The summed E-state index contributed by atoms with van der Waals surface area (Å²) in [4.78, 5) is 26.4. The molecule has 0 saturated carbocycles. The summed E-state index contributed by atoms with van der Waals surface area (Å²) in [5, 5.41) is 10.7. The topological polar surface area (TPSA) is 88.6 Å². The number of ether oxygens (including phenoxy) is 2. The summed E-state index contributed by atoms with van der Waals surface area (Å²) >= 11 is 0. The molecule has 6 nitrogen and oxygen atoms in total. The van der Waals surface area contributed by atoms with Crippen LogP contribution < -0.4 is 0 Å². The first-order chi connectivity index (χ1) is 10.5. The molecule has 2 aromatic rings. The van der Waals surface area contributed by atoms with E-state index in [4.69, 9.17) is 4.74 Å². The number of fused-ring (bicyclic) bond motifs is 1. The van der Waals surface area contributed by atoms with Gasteiger partial charge in [-0.15, -0.1) is 0 Å². The molecular weight excluding hydrogens is 286 g/mol. The highest BCUT2D eigenvalue weighted by atomic mass is 16.5. The SMILES string of the molecule is CCc1ccc2[nH]c(C(=O)OC)c(CC(O)C(=O)OC)c2c1. The molecule has 1 heterocycles. The maximum absolute atomic E-state index is 11.9. The number of rotatable bonds is 5. The van der Waals surface area contributed by atoms with Gasteiger partial charge in [0.05, 0.1) is 14.2 Å². The van der Waals surface area contributed by atoms with Crippen molar-refractivity contribution in [3.63, 3.8) is 0 Å². The molecule has 1 aromatic heterocycles. The molecule has 0 spiro atoms. The van der Waals surface area contributed by atoms with Gasteiger partial charge < -0.3 is 19.6 Å². The van der Waals surface area contributed by atoms with Gasteiger partial charge in [-0.3, -0.25) is 0 Å². The van der Waals surface area contributed by atoms with Crippen LogP contribution in [-0.4, -0.2) is 42.4 Å². The van der Waals surface area contributed by atoms with E-state index in [9.17, 15) is 14.7 Å². The minimum absolute atomic E-state index is 0.0235. The van der Waals surface area contributed by atoms with Gasteiger partial charge in [0.2, 0.25) is 0 Å². The molecule has 118 valence electrons. The number of aryl methyl sites for hydroxylation is 1. The quantitative estimate of drug-likeness (QED) is 0.819. The number of aliphatic hydroxyl groups is 1. The van der Waals surface area contributed by atoms with Crippen LogP contribution in [0.4, 0.5) is 0 Å². The number of nitrogens with one attached hydrogen (secondary N) is 1. The number of aliphatic hydroxyl groups excluding tert-OH is 1. The Morgan fingerprint density at radius 3 is 2.59 bits per heavy atom. The largest absolute Gasteiger partial charge is 0.467 e. The van der Waals surface area contributed by atoms with Crippen LogP contribution in [0, 0.1) is 0 Å². The summed E-state index contributed by atoms with van der Waals surface area (Å²) in [6, 6.07) is 5.77. The van der Waals surface area contributed by atoms with Crippen molar-refractivity contribution in [1.82, 2.24) is 4.98 Å². The van der Waals surface area contributed by atoms with Gasteiger partial charge in [-0.25, -0.2) is 9.59 Å². The third-order valence-corrected chi connectivity index (χ3v) is 3.64. The van der Waals surface area contributed by atoms with Crippen molar-refractivity contribution in [3.05, 3.63) is 35.0 Å². The molecule has 0 radical (unpaired) electrons. The Morgan fingerprint density at radius 2 is 2.00 bits per heavy atom. The van der Waals surface area contributed by atoms with Crippen molar-refractivity contribution >= 4 is 22.8 Å². The highest BCUT2D eigenvalue weighted by Crippen LogP contribution is 2.26. The summed E-state index contributed by atoms with van der Waals surface area (Å²) in [7, 11) is 2.49. The molecule has 2 N–H and O–H groups in total. The third kappa shape index (κ3) is 2.96. The van der Waals surface area contributed by atoms with Crippen LogP contribution in [0.25, 0.3) is 10.9 Å². The van der Waals surface area contributed by atoms with Crippen molar-refractivity contribution in [1.29, 1.82) is 0 Å². The second-order valence-electron chi connectivity index (χ2n) is 4.95. The summed E-state index contributed by atoms with van der Waals surface area (Å²) in [6.45, 7) is 2.03. The molecule has 0 aliphatic rings. The highest BCUT2D eigenvalue weighted by Gasteiger charge is 2.24. The fourth-order valence-corrected chi connectivity index (χ4v) is 2.42. The van der Waals surface area contributed by atoms with Gasteiger partial charge in [0, 0.05) is 17.3 Å². The van der Waals surface area contributed by atoms with Gasteiger partial charge in [-0.1, -0.05) is 13.0 Å². The molecule has 2 rings (SSSR count). The van der Waals surface area contributed by atoms with Crippen molar-refractivity contribution in [2.45, 2.75) is 25.9 Å². The van der Waals surface area contributed by atoms with E-state index in [1.165, 1.54) is 14.2 Å². The third-order valence-electron chi connectivity index (χ3n) is 3.64. The second-order valence-corrected chi connectivity index (χ2v) is 4.95. The lowest BCUT2D eigenvalue weighted by molar-refractivity contribution is -0.150. The number of H-pyrrole nitrogens is 1. The monoisotopic (exact) mass is 305 g/mol. The Balaban J connectivity index is 2.55. The standard InChI is InChI=1S/C16H19NO5/c1-4-9-5-6-12-10(7-9)11(8-13(18)15(19)21-2)14(17-12)16(20)22-3/h5-7,13,17-18H,4,8H2,1-3H3. The summed E-state index contributed by atoms with van der Waals surface area (Å²) in [5.41, 5.74) is 2.64. The molecular formula is C16H19NO5. The predicted octanol–water partition coefficient (Wildman–Crippen LogP) is 1.59. The maximum Gasteiger partial charge on any atom is 0.354 e. The van der Waals surface area contributed by atoms with Crippen LogP contribution in [-0.2, 0) is 27.1 Å². The molecule has 1 atom stereocenters. The minimum atomic E-state index is -1.34. The first-order valence-corrected chi connectivity index (χ1v) is 6.99. The van der Waals surface area contributed by atoms with Crippen molar-refractivity contribution in [2.24, 2.45) is 0 Å². The first-order valence-electron chi connectivity index (χ1n) is 6.99. The van der Waals surface area contributed by atoms with Gasteiger partial charge >= 0.3 is 11.9 Å². The fraction of sp³-hybridized carbons (Fsp3) is 0.375. The number of hydrogen-bond acceptors (Lipinski definition) is 5. The van der Waals surface area contributed by atoms with Gasteiger partial charge in [0.15, 0.2) is 6.10 Å². The average Bonchev–Trinajstić information content (AvgIpc) is 2.90. The van der Waals surface area contributed by atoms with Crippen molar-refractivity contribution in [2.75, 3.05) is 14.2 Å². The smallest absolute Gasteiger partial charge is 0.354 e. The molecule has 0 aliphatic carbocycles. The number of benzene rings is 1. The van der Waals surface area contributed by atoms with Crippen LogP contribution in [0.2, 0.25) is 0 Å². The number of aromatic amines is 1. The van der Waals surface area contributed by atoms with Crippen molar-refractivity contribution in [3.8, 4) is 0 Å². The van der Waals surface area contributed by atoms with E-state index in [1.807, 2.05) is 25.1 Å². The average molecular weight is 305 g/mol. The Bertz CT molecular complexity index is 704. The highest BCUT2D eigenvalue weighted by molar-refractivity contribution is 5.98. The Kier molecular flexibility index (Phi) is 4.82. The summed E-state index contributed by atoms with van der Waals surface area (Å²) in [5.74, 6) is -1.28. The lowest BCUT2D eigenvalue weighted by Crippen LogP contribution is -2.25. The molecule has 0 bridgehead atoms. The number of methoxy groups -OCH3 is 2. The van der Waals surface area contributed by atoms with Gasteiger partial charge in [-0.05, 0) is 29.7 Å². The number of hydrogen-bond donors (Lipinski definition) is 2. The predicted molar refractivity (Wildman–Crippen MR) is 80.7 cm³/mol. The van der Waals surface area contributed by atoms with Crippen molar-refractivity contribution < 1.29 is 24.2 Å². The molecule has 0 saturated heterocycles. The molecule has 0 fully saturated rings. The fourth-order valence-electron chi connectivity index (χ4n) is 2.42. The number of carbonyl (C=O) groups is 2. The zero-order valence-corrected chi connectivity index (χ0v) is 12.8. The lowest BCUT2D eigenvalue weighted by atomic mass is 10.0. The van der Waals surface area contributed by atoms with Crippen LogP contribution in [0.1, 0.15) is 28.5 Å². The Morgan fingerprint density at radius 1 is 1.27 bits per heavy atom. The van der Waals surface area contributed by atoms with Crippen LogP contribution in [0.15, 0.2) is 18.2 Å². The molecule has 0 aliphatic heterocycles. The van der Waals surface area contributed by atoms with E-state index in [2.05, 4.69) is 9.72 Å². The summed E-state index contributed by atoms with van der Waals surface area (Å²) < 4.78 is 9.29. The maximum atomic E-state index is 11.9.